The van der Waals surface area contributed by atoms with Crippen molar-refractivity contribution in [1.82, 2.24) is 5.01 Å². The Labute approximate surface area is 118 Å². The summed E-state index contributed by atoms with van der Waals surface area (Å²) >= 11 is 0. The highest BCUT2D eigenvalue weighted by Crippen LogP contribution is 2.26. The lowest BCUT2D eigenvalue weighted by atomic mass is 9.91. The van der Waals surface area contributed by atoms with Crippen LogP contribution >= 0.6 is 0 Å². The third-order valence-electron chi connectivity index (χ3n) is 3.79. The van der Waals surface area contributed by atoms with Crippen molar-refractivity contribution in [2.75, 3.05) is 27.8 Å². The Morgan fingerprint density at radius 3 is 2.79 bits per heavy atom. The number of rotatable bonds is 7. The van der Waals surface area contributed by atoms with E-state index in [-0.39, 0.29) is 0 Å². The number of hydrogen-bond donors (Lipinski definition) is 0. The first-order valence-electron chi connectivity index (χ1n) is 7.53. The molecule has 0 aromatic rings. The van der Waals surface area contributed by atoms with Gasteiger partial charge in [0, 0.05) is 33.5 Å². The molecule has 0 heterocycles. The van der Waals surface area contributed by atoms with Crippen LogP contribution in [0, 0.1) is 5.92 Å². The number of nitrogens with zero attached hydrogens (tertiary/aromatic N) is 2. The van der Waals surface area contributed by atoms with E-state index in [9.17, 15) is 0 Å². The Kier molecular flexibility index (Phi) is 7.80. The van der Waals surface area contributed by atoms with Gasteiger partial charge in [0.05, 0.1) is 0 Å². The van der Waals surface area contributed by atoms with Crippen LogP contribution in [-0.4, -0.2) is 38.5 Å². The molecule has 3 nitrogen and oxygen atoms in total. The molecule has 1 rings (SSSR count). The molecule has 1 saturated carbocycles. The lowest BCUT2D eigenvalue weighted by molar-refractivity contribution is 0.201. The topological polar surface area (TPSA) is 24.8 Å². The summed E-state index contributed by atoms with van der Waals surface area (Å²) in [7, 11) is 5.79. The third-order valence-corrected chi connectivity index (χ3v) is 3.79. The van der Waals surface area contributed by atoms with E-state index >= 15 is 0 Å². The standard InChI is InChI=1S/C16H30N2O/c1-14(12-13-19-4)10-11-15-8-6-5-7-9-16(15)17-18(2)3/h15H,1,5-13H2,2-4H3/b17-16+. The maximum atomic E-state index is 5.11. The molecule has 3 heteroatoms. The SMILES string of the molecule is C=C(CCOC)CCC1CCCCC/C1=N\N(C)C. The fourth-order valence-corrected chi connectivity index (χ4v) is 2.69. The van der Waals surface area contributed by atoms with Gasteiger partial charge >= 0.3 is 0 Å². The predicted octanol–water partition coefficient (Wildman–Crippen LogP) is 3.86. The van der Waals surface area contributed by atoms with Gasteiger partial charge in [-0.2, -0.15) is 5.10 Å². The first kappa shape index (κ1) is 16.2. The zero-order valence-corrected chi connectivity index (χ0v) is 13.0. The molecule has 110 valence electrons. The monoisotopic (exact) mass is 266 g/mol. The maximum Gasteiger partial charge on any atom is 0.0499 e. The van der Waals surface area contributed by atoms with E-state index in [0.29, 0.717) is 5.92 Å². The average Bonchev–Trinajstić information content (AvgIpc) is 2.58. The highest BCUT2D eigenvalue weighted by molar-refractivity contribution is 5.86. The molecule has 0 aromatic carbocycles. The molecule has 1 aliphatic carbocycles. The van der Waals surface area contributed by atoms with Gasteiger partial charge in [-0.1, -0.05) is 25.0 Å². The van der Waals surface area contributed by atoms with Crippen molar-refractivity contribution in [2.45, 2.75) is 51.4 Å². The maximum absolute atomic E-state index is 5.11. The molecule has 1 atom stereocenters. The Morgan fingerprint density at radius 1 is 1.32 bits per heavy atom. The minimum absolute atomic E-state index is 0.657. The van der Waals surface area contributed by atoms with Crippen LogP contribution in [0.3, 0.4) is 0 Å². The lowest BCUT2D eigenvalue weighted by Crippen LogP contribution is -2.17. The summed E-state index contributed by atoms with van der Waals surface area (Å²) in [5, 5.41) is 6.67. The molecule has 0 saturated heterocycles. The molecule has 0 aliphatic heterocycles. The quantitative estimate of drug-likeness (QED) is 0.397. The van der Waals surface area contributed by atoms with Gasteiger partial charge in [-0.05, 0) is 44.4 Å². The van der Waals surface area contributed by atoms with Gasteiger partial charge < -0.3 is 9.75 Å². The Hall–Kier alpha value is -0.830. The lowest BCUT2D eigenvalue weighted by Gasteiger charge is -2.19. The average molecular weight is 266 g/mol. The van der Waals surface area contributed by atoms with E-state index < -0.39 is 0 Å². The van der Waals surface area contributed by atoms with Gasteiger partial charge in [0.25, 0.3) is 0 Å². The predicted molar refractivity (Wildman–Crippen MR) is 82.6 cm³/mol. The van der Waals surface area contributed by atoms with Crippen LogP contribution in [0.25, 0.3) is 0 Å². The van der Waals surface area contributed by atoms with Gasteiger partial charge in [-0.15, -0.1) is 0 Å². The number of hydrogen-bond acceptors (Lipinski definition) is 3. The first-order chi connectivity index (χ1) is 9.13. The van der Waals surface area contributed by atoms with E-state index in [0.717, 1.165) is 19.4 Å². The minimum Gasteiger partial charge on any atom is -0.384 e. The Morgan fingerprint density at radius 2 is 2.11 bits per heavy atom. The van der Waals surface area contributed by atoms with E-state index in [1.54, 1.807) is 7.11 Å². The van der Waals surface area contributed by atoms with Gasteiger partial charge in [-0.3, -0.25) is 0 Å². The van der Waals surface area contributed by atoms with Crippen molar-refractivity contribution < 1.29 is 4.74 Å². The van der Waals surface area contributed by atoms with Crippen molar-refractivity contribution in [3.8, 4) is 0 Å². The molecule has 0 N–H and O–H groups in total. The smallest absolute Gasteiger partial charge is 0.0499 e. The van der Waals surface area contributed by atoms with Crippen LogP contribution in [0.4, 0.5) is 0 Å². The molecule has 0 amide bonds. The van der Waals surface area contributed by atoms with Gasteiger partial charge in [0.2, 0.25) is 0 Å². The zero-order valence-electron chi connectivity index (χ0n) is 13.0. The molecule has 19 heavy (non-hydrogen) atoms. The number of ether oxygens (including phenoxy) is 1. The fourth-order valence-electron chi connectivity index (χ4n) is 2.69. The normalized spacial score (nSPS) is 22.3. The van der Waals surface area contributed by atoms with Crippen LogP contribution in [-0.2, 0) is 4.74 Å². The van der Waals surface area contributed by atoms with E-state index in [4.69, 9.17) is 9.84 Å². The summed E-state index contributed by atoms with van der Waals surface area (Å²) in [6, 6.07) is 0. The molecule has 0 bridgehead atoms. The molecular formula is C16H30N2O. The van der Waals surface area contributed by atoms with Crippen molar-refractivity contribution in [3.05, 3.63) is 12.2 Å². The second kappa shape index (κ2) is 9.13. The molecule has 1 fully saturated rings. The largest absolute Gasteiger partial charge is 0.384 e. The zero-order chi connectivity index (χ0) is 14.1. The van der Waals surface area contributed by atoms with Crippen molar-refractivity contribution in [2.24, 2.45) is 11.0 Å². The van der Waals surface area contributed by atoms with Gasteiger partial charge in [-0.25, -0.2) is 0 Å². The highest BCUT2D eigenvalue weighted by atomic mass is 16.5. The minimum atomic E-state index is 0.657. The second-order valence-corrected chi connectivity index (χ2v) is 5.77. The van der Waals surface area contributed by atoms with Gasteiger partial charge in [0.15, 0.2) is 0 Å². The molecule has 1 unspecified atom stereocenters. The third kappa shape index (κ3) is 6.76. The first-order valence-corrected chi connectivity index (χ1v) is 7.53. The Balaban J connectivity index is 2.49. The molecule has 0 spiro atoms. The van der Waals surface area contributed by atoms with E-state index in [1.165, 1.54) is 49.8 Å². The highest BCUT2D eigenvalue weighted by Gasteiger charge is 2.19. The molecule has 1 aliphatic rings. The van der Waals surface area contributed by atoms with Crippen molar-refractivity contribution in [1.29, 1.82) is 0 Å². The van der Waals surface area contributed by atoms with E-state index in [2.05, 4.69) is 6.58 Å². The summed E-state index contributed by atoms with van der Waals surface area (Å²) in [6.07, 6.45) is 9.78. The number of methoxy groups -OCH3 is 1. The molecule has 0 aromatic heterocycles. The Bertz CT molecular complexity index is 297. The van der Waals surface area contributed by atoms with Crippen LogP contribution < -0.4 is 0 Å². The summed E-state index contributed by atoms with van der Waals surface area (Å²) in [6.45, 7) is 4.95. The molecule has 0 radical (unpaired) electrons. The van der Waals surface area contributed by atoms with Gasteiger partial charge in [0.1, 0.15) is 0 Å². The van der Waals surface area contributed by atoms with Crippen molar-refractivity contribution >= 4 is 5.71 Å². The van der Waals surface area contributed by atoms with Crippen LogP contribution in [0.15, 0.2) is 17.3 Å². The van der Waals surface area contributed by atoms with Crippen LogP contribution in [0.5, 0.6) is 0 Å². The summed E-state index contributed by atoms with van der Waals surface area (Å²) in [5.41, 5.74) is 2.72. The van der Waals surface area contributed by atoms with E-state index in [1.807, 2.05) is 19.1 Å². The van der Waals surface area contributed by atoms with Crippen LogP contribution in [0.2, 0.25) is 0 Å². The van der Waals surface area contributed by atoms with Crippen LogP contribution in [0.1, 0.15) is 51.4 Å². The number of hydrazone groups is 1. The summed E-state index contributed by atoms with van der Waals surface area (Å²) in [5.74, 6) is 0.657. The van der Waals surface area contributed by atoms with Crippen molar-refractivity contribution in [3.63, 3.8) is 0 Å². The molecular weight excluding hydrogens is 236 g/mol. The fraction of sp³-hybridized carbons (Fsp3) is 0.812. The second-order valence-electron chi connectivity index (χ2n) is 5.77. The summed E-state index contributed by atoms with van der Waals surface area (Å²) in [4.78, 5) is 0. The summed E-state index contributed by atoms with van der Waals surface area (Å²) < 4.78 is 5.11.